The SMILES string of the molecule is CCNC(=O)CN(CC)c1ccc(N)c(OC)n1. The van der Waals surface area contributed by atoms with Gasteiger partial charge in [-0.3, -0.25) is 4.79 Å². The summed E-state index contributed by atoms with van der Waals surface area (Å²) >= 11 is 0. The molecule has 6 heteroatoms. The molecular weight excluding hydrogens is 232 g/mol. The van der Waals surface area contributed by atoms with Gasteiger partial charge in [-0.25, -0.2) is 0 Å². The molecular formula is C12H20N4O2. The van der Waals surface area contributed by atoms with Crippen molar-refractivity contribution in [3.63, 3.8) is 0 Å². The monoisotopic (exact) mass is 252 g/mol. The number of nitrogens with two attached hydrogens (primary N) is 1. The van der Waals surface area contributed by atoms with Crippen molar-refractivity contribution < 1.29 is 9.53 Å². The van der Waals surface area contributed by atoms with Crippen molar-refractivity contribution in [1.82, 2.24) is 10.3 Å². The number of hydrogen-bond donors (Lipinski definition) is 2. The Morgan fingerprint density at radius 2 is 2.22 bits per heavy atom. The fourth-order valence-corrected chi connectivity index (χ4v) is 1.56. The minimum atomic E-state index is -0.0306. The summed E-state index contributed by atoms with van der Waals surface area (Å²) in [6, 6.07) is 3.50. The zero-order chi connectivity index (χ0) is 13.5. The lowest BCUT2D eigenvalue weighted by atomic mass is 10.3. The molecule has 0 saturated heterocycles. The van der Waals surface area contributed by atoms with Crippen LogP contribution in [0.1, 0.15) is 13.8 Å². The fourth-order valence-electron chi connectivity index (χ4n) is 1.56. The normalized spacial score (nSPS) is 9.94. The molecule has 0 aliphatic carbocycles. The average molecular weight is 252 g/mol. The van der Waals surface area contributed by atoms with Crippen LogP contribution in [0, 0.1) is 0 Å². The van der Waals surface area contributed by atoms with E-state index in [1.807, 2.05) is 18.7 Å². The number of carbonyl (C=O) groups is 1. The predicted octanol–water partition coefficient (Wildman–Crippen LogP) is 0.635. The largest absolute Gasteiger partial charge is 0.479 e. The number of nitrogen functional groups attached to an aromatic ring is 1. The highest BCUT2D eigenvalue weighted by Gasteiger charge is 2.12. The number of hydrogen-bond acceptors (Lipinski definition) is 5. The maximum atomic E-state index is 11.6. The van der Waals surface area contributed by atoms with Crippen LogP contribution < -0.4 is 20.7 Å². The summed E-state index contributed by atoms with van der Waals surface area (Å²) < 4.78 is 5.07. The third-order valence-corrected chi connectivity index (χ3v) is 2.48. The summed E-state index contributed by atoms with van der Waals surface area (Å²) in [4.78, 5) is 17.7. The van der Waals surface area contributed by atoms with E-state index in [1.54, 1.807) is 12.1 Å². The van der Waals surface area contributed by atoms with Gasteiger partial charge in [-0.05, 0) is 26.0 Å². The molecule has 0 fully saturated rings. The Kier molecular flexibility index (Phi) is 5.23. The van der Waals surface area contributed by atoms with E-state index in [-0.39, 0.29) is 12.5 Å². The maximum Gasteiger partial charge on any atom is 0.239 e. The number of ether oxygens (including phenoxy) is 1. The van der Waals surface area contributed by atoms with Crippen LogP contribution in [0.4, 0.5) is 11.5 Å². The van der Waals surface area contributed by atoms with Gasteiger partial charge in [-0.15, -0.1) is 0 Å². The van der Waals surface area contributed by atoms with Gasteiger partial charge in [0.25, 0.3) is 0 Å². The second-order valence-electron chi connectivity index (χ2n) is 3.74. The van der Waals surface area contributed by atoms with Crippen molar-refractivity contribution in [3.05, 3.63) is 12.1 Å². The van der Waals surface area contributed by atoms with E-state index in [0.717, 1.165) is 0 Å². The van der Waals surface area contributed by atoms with Gasteiger partial charge in [0.05, 0.1) is 19.3 Å². The Labute approximate surface area is 107 Å². The molecule has 0 aromatic carbocycles. The summed E-state index contributed by atoms with van der Waals surface area (Å²) in [5, 5.41) is 2.76. The lowest BCUT2D eigenvalue weighted by molar-refractivity contribution is -0.119. The first-order chi connectivity index (χ1) is 8.62. The molecule has 0 spiro atoms. The van der Waals surface area contributed by atoms with Gasteiger partial charge in [0, 0.05) is 13.1 Å². The van der Waals surface area contributed by atoms with Crippen LogP contribution in [-0.4, -0.2) is 37.6 Å². The van der Waals surface area contributed by atoms with E-state index < -0.39 is 0 Å². The Morgan fingerprint density at radius 3 is 2.78 bits per heavy atom. The van der Waals surface area contributed by atoms with Gasteiger partial charge < -0.3 is 20.7 Å². The molecule has 1 heterocycles. The highest BCUT2D eigenvalue weighted by molar-refractivity contribution is 5.81. The van der Waals surface area contributed by atoms with Crippen molar-refractivity contribution in [2.24, 2.45) is 0 Å². The van der Waals surface area contributed by atoms with Crippen LogP contribution in [-0.2, 0) is 4.79 Å². The van der Waals surface area contributed by atoms with Gasteiger partial charge in [0.15, 0.2) is 0 Å². The Morgan fingerprint density at radius 1 is 1.50 bits per heavy atom. The van der Waals surface area contributed by atoms with Gasteiger partial charge >= 0.3 is 0 Å². The van der Waals surface area contributed by atoms with Crippen LogP contribution in [0.2, 0.25) is 0 Å². The van der Waals surface area contributed by atoms with Gasteiger partial charge in [0.2, 0.25) is 11.8 Å². The highest BCUT2D eigenvalue weighted by atomic mass is 16.5. The molecule has 0 saturated carbocycles. The van der Waals surface area contributed by atoms with Crippen LogP contribution in [0.5, 0.6) is 5.88 Å². The standard InChI is InChI=1S/C12H20N4O2/c1-4-14-11(17)8-16(5-2)10-7-6-9(13)12(15-10)18-3/h6-7H,4-5,8,13H2,1-3H3,(H,14,17). The number of pyridine rings is 1. The number of carbonyl (C=O) groups excluding carboxylic acids is 1. The minimum Gasteiger partial charge on any atom is -0.479 e. The van der Waals surface area contributed by atoms with E-state index >= 15 is 0 Å². The molecule has 0 atom stereocenters. The molecule has 3 N–H and O–H groups in total. The molecule has 6 nitrogen and oxygen atoms in total. The number of likely N-dealkylation sites (N-methyl/N-ethyl adjacent to an activating group) is 2. The summed E-state index contributed by atoms with van der Waals surface area (Å²) in [6.45, 7) is 5.42. The Bertz CT molecular complexity index is 409. The summed E-state index contributed by atoms with van der Waals surface area (Å²) in [7, 11) is 1.52. The molecule has 0 aliphatic heterocycles. The number of aromatic nitrogens is 1. The molecule has 1 rings (SSSR count). The maximum absolute atomic E-state index is 11.6. The van der Waals surface area contributed by atoms with E-state index in [1.165, 1.54) is 7.11 Å². The fraction of sp³-hybridized carbons (Fsp3) is 0.500. The Hall–Kier alpha value is -1.98. The second kappa shape index (κ2) is 6.68. The number of methoxy groups -OCH3 is 1. The van der Waals surface area contributed by atoms with Crippen LogP contribution in [0.3, 0.4) is 0 Å². The van der Waals surface area contributed by atoms with Crippen LogP contribution >= 0.6 is 0 Å². The molecule has 0 radical (unpaired) electrons. The molecule has 0 aliphatic rings. The smallest absolute Gasteiger partial charge is 0.239 e. The number of nitrogens with zero attached hydrogens (tertiary/aromatic N) is 2. The van der Waals surface area contributed by atoms with Gasteiger partial charge in [-0.1, -0.05) is 0 Å². The van der Waals surface area contributed by atoms with E-state index in [9.17, 15) is 4.79 Å². The first kappa shape index (κ1) is 14.1. The topological polar surface area (TPSA) is 80.5 Å². The summed E-state index contributed by atoms with van der Waals surface area (Å²) in [6.07, 6.45) is 0. The number of anilines is 2. The molecule has 18 heavy (non-hydrogen) atoms. The van der Waals surface area contributed by atoms with Crippen molar-refractivity contribution in [2.75, 3.05) is 37.4 Å². The molecule has 0 unspecified atom stereocenters. The minimum absolute atomic E-state index is 0.0306. The average Bonchev–Trinajstić information content (AvgIpc) is 2.37. The quantitative estimate of drug-likeness (QED) is 0.776. The first-order valence-electron chi connectivity index (χ1n) is 5.94. The number of rotatable bonds is 6. The molecule has 1 amide bonds. The van der Waals surface area contributed by atoms with Crippen molar-refractivity contribution in [3.8, 4) is 5.88 Å². The Balaban J connectivity index is 2.84. The van der Waals surface area contributed by atoms with Gasteiger partial charge in [-0.2, -0.15) is 4.98 Å². The molecule has 100 valence electrons. The van der Waals surface area contributed by atoms with Crippen molar-refractivity contribution >= 4 is 17.4 Å². The van der Waals surface area contributed by atoms with E-state index in [2.05, 4.69) is 10.3 Å². The number of nitrogens with one attached hydrogen (secondary N) is 1. The lowest BCUT2D eigenvalue weighted by Gasteiger charge is -2.21. The van der Waals surface area contributed by atoms with Gasteiger partial charge in [0.1, 0.15) is 5.82 Å². The van der Waals surface area contributed by atoms with Crippen molar-refractivity contribution in [2.45, 2.75) is 13.8 Å². The zero-order valence-corrected chi connectivity index (χ0v) is 11.1. The third kappa shape index (κ3) is 3.51. The second-order valence-corrected chi connectivity index (χ2v) is 3.74. The summed E-state index contributed by atoms with van der Waals surface area (Å²) in [5.74, 6) is 1.02. The molecule has 0 bridgehead atoms. The lowest BCUT2D eigenvalue weighted by Crippen LogP contribution is -2.37. The highest BCUT2D eigenvalue weighted by Crippen LogP contribution is 2.22. The number of amides is 1. The summed E-state index contributed by atoms with van der Waals surface area (Å²) in [5.41, 5.74) is 6.19. The van der Waals surface area contributed by atoms with E-state index in [4.69, 9.17) is 10.5 Å². The molecule has 1 aromatic rings. The van der Waals surface area contributed by atoms with Crippen LogP contribution in [0.15, 0.2) is 12.1 Å². The van der Waals surface area contributed by atoms with E-state index in [0.29, 0.717) is 30.5 Å². The zero-order valence-electron chi connectivity index (χ0n) is 11.1. The first-order valence-corrected chi connectivity index (χ1v) is 5.94. The van der Waals surface area contributed by atoms with Crippen molar-refractivity contribution in [1.29, 1.82) is 0 Å². The third-order valence-electron chi connectivity index (χ3n) is 2.48. The predicted molar refractivity (Wildman–Crippen MR) is 71.8 cm³/mol. The molecule has 1 aromatic heterocycles. The van der Waals surface area contributed by atoms with Crippen LogP contribution in [0.25, 0.3) is 0 Å².